The Morgan fingerprint density at radius 3 is 2.90 bits per heavy atom. The largest absolute Gasteiger partial charge is 0.444 e. The SMILES string of the molecule is CC(C)(C)OC(=O)NC1CCc2ccc(CC#N)cc21. The lowest BCUT2D eigenvalue weighted by molar-refractivity contribution is 0.0503. The second-order valence-corrected chi connectivity index (χ2v) is 6.11. The van der Waals surface area contributed by atoms with Crippen molar-refractivity contribution in [3.8, 4) is 6.07 Å². The molecular formula is C16H20N2O2. The Hall–Kier alpha value is -2.02. The van der Waals surface area contributed by atoms with Crippen molar-refractivity contribution in [2.75, 3.05) is 0 Å². The number of aryl methyl sites for hydroxylation is 1. The minimum Gasteiger partial charge on any atom is -0.444 e. The van der Waals surface area contributed by atoms with Gasteiger partial charge in [-0.1, -0.05) is 18.2 Å². The summed E-state index contributed by atoms with van der Waals surface area (Å²) >= 11 is 0. The maximum atomic E-state index is 11.8. The Balaban J connectivity index is 2.09. The van der Waals surface area contributed by atoms with Gasteiger partial charge in [-0.05, 0) is 50.3 Å². The molecule has 0 aromatic heterocycles. The standard InChI is InChI=1S/C16H20N2O2/c1-16(2,3)20-15(19)18-14-7-6-12-5-4-11(8-9-17)10-13(12)14/h4-5,10,14H,6-8H2,1-3H3,(H,18,19). The van der Waals surface area contributed by atoms with E-state index in [0.29, 0.717) is 6.42 Å². The number of rotatable bonds is 2. The monoisotopic (exact) mass is 272 g/mol. The highest BCUT2D eigenvalue weighted by atomic mass is 16.6. The lowest BCUT2D eigenvalue weighted by atomic mass is 10.0. The van der Waals surface area contributed by atoms with Gasteiger partial charge in [0.1, 0.15) is 5.60 Å². The molecule has 0 saturated heterocycles. The predicted octanol–water partition coefficient (Wildman–Crippen LogP) is 3.26. The molecule has 20 heavy (non-hydrogen) atoms. The second-order valence-electron chi connectivity index (χ2n) is 6.11. The molecule has 1 aliphatic carbocycles. The Morgan fingerprint density at radius 1 is 1.50 bits per heavy atom. The van der Waals surface area contributed by atoms with Crippen LogP contribution < -0.4 is 5.32 Å². The molecule has 1 N–H and O–H groups in total. The van der Waals surface area contributed by atoms with E-state index in [1.807, 2.05) is 32.9 Å². The zero-order chi connectivity index (χ0) is 14.8. The van der Waals surface area contributed by atoms with Crippen LogP contribution in [0.4, 0.5) is 4.79 Å². The van der Waals surface area contributed by atoms with Gasteiger partial charge in [-0.15, -0.1) is 0 Å². The molecule has 0 spiro atoms. The summed E-state index contributed by atoms with van der Waals surface area (Å²) in [6, 6.07) is 8.19. The van der Waals surface area contributed by atoms with Crippen molar-refractivity contribution in [3.63, 3.8) is 0 Å². The number of nitrogens with one attached hydrogen (secondary N) is 1. The van der Waals surface area contributed by atoms with Crippen molar-refractivity contribution in [2.45, 2.75) is 51.7 Å². The van der Waals surface area contributed by atoms with Crippen LogP contribution in [0.1, 0.15) is 49.9 Å². The van der Waals surface area contributed by atoms with Crippen molar-refractivity contribution < 1.29 is 9.53 Å². The van der Waals surface area contributed by atoms with Gasteiger partial charge in [0.25, 0.3) is 0 Å². The minimum atomic E-state index is -0.492. The maximum absolute atomic E-state index is 11.8. The van der Waals surface area contributed by atoms with E-state index in [0.717, 1.165) is 24.0 Å². The molecule has 1 aliphatic rings. The third-order valence-electron chi connectivity index (χ3n) is 3.26. The van der Waals surface area contributed by atoms with E-state index in [1.54, 1.807) is 0 Å². The molecule has 1 unspecified atom stereocenters. The van der Waals surface area contributed by atoms with Crippen molar-refractivity contribution in [2.24, 2.45) is 0 Å². The normalized spacial score (nSPS) is 17.2. The topological polar surface area (TPSA) is 62.1 Å². The van der Waals surface area contributed by atoms with Crippen molar-refractivity contribution in [3.05, 3.63) is 34.9 Å². The third kappa shape index (κ3) is 3.51. The van der Waals surface area contributed by atoms with Gasteiger partial charge >= 0.3 is 6.09 Å². The molecule has 1 aromatic carbocycles. The van der Waals surface area contributed by atoms with Crippen LogP contribution in [0.15, 0.2) is 18.2 Å². The first kappa shape index (κ1) is 14.4. The molecule has 0 aliphatic heterocycles. The number of fused-ring (bicyclic) bond motifs is 1. The molecule has 2 rings (SSSR count). The van der Waals surface area contributed by atoms with Crippen molar-refractivity contribution in [1.29, 1.82) is 5.26 Å². The van der Waals surface area contributed by atoms with E-state index < -0.39 is 5.60 Å². The summed E-state index contributed by atoms with van der Waals surface area (Å²) in [5.74, 6) is 0. The van der Waals surface area contributed by atoms with Gasteiger partial charge in [-0.3, -0.25) is 0 Å². The van der Waals surface area contributed by atoms with Crippen LogP contribution in [0.3, 0.4) is 0 Å². The summed E-state index contributed by atoms with van der Waals surface area (Å²) in [5, 5.41) is 11.7. The molecule has 0 radical (unpaired) electrons. The minimum absolute atomic E-state index is 0.0153. The average Bonchev–Trinajstić information content (AvgIpc) is 2.70. The summed E-state index contributed by atoms with van der Waals surface area (Å²) in [6.45, 7) is 5.54. The highest BCUT2D eigenvalue weighted by Crippen LogP contribution is 2.32. The van der Waals surface area contributed by atoms with Crippen LogP contribution in [0.25, 0.3) is 0 Å². The Kier molecular flexibility index (Phi) is 3.99. The molecule has 0 heterocycles. The van der Waals surface area contributed by atoms with E-state index in [-0.39, 0.29) is 12.1 Å². The molecule has 0 bridgehead atoms. The number of nitriles is 1. The van der Waals surface area contributed by atoms with Gasteiger partial charge < -0.3 is 10.1 Å². The van der Waals surface area contributed by atoms with Crippen LogP contribution in [-0.4, -0.2) is 11.7 Å². The van der Waals surface area contributed by atoms with Gasteiger partial charge in [-0.25, -0.2) is 4.79 Å². The van der Waals surface area contributed by atoms with Crippen LogP contribution in [-0.2, 0) is 17.6 Å². The summed E-state index contributed by atoms with van der Waals surface area (Å²) in [6.07, 6.45) is 1.83. The molecule has 1 atom stereocenters. The number of nitrogens with zero attached hydrogens (tertiary/aromatic N) is 1. The third-order valence-corrected chi connectivity index (χ3v) is 3.26. The number of carbonyl (C=O) groups excluding carboxylic acids is 1. The zero-order valence-electron chi connectivity index (χ0n) is 12.2. The Bertz CT molecular complexity index is 553. The molecule has 0 fully saturated rings. The van der Waals surface area contributed by atoms with E-state index in [9.17, 15) is 4.79 Å². The zero-order valence-corrected chi connectivity index (χ0v) is 12.2. The van der Waals surface area contributed by atoms with E-state index in [1.165, 1.54) is 5.56 Å². The number of benzene rings is 1. The number of ether oxygens (including phenoxy) is 1. The predicted molar refractivity (Wildman–Crippen MR) is 76.2 cm³/mol. The fourth-order valence-electron chi connectivity index (χ4n) is 2.45. The van der Waals surface area contributed by atoms with Gasteiger partial charge in [0, 0.05) is 0 Å². The molecule has 1 aromatic rings. The number of amides is 1. The summed E-state index contributed by atoms with van der Waals surface area (Å²) in [7, 11) is 0. The number of hydrogen-bond donors (Lipinski definition) is 1. The van der Waals surface area contributed by atoms with Crippen LogP contribution in [0.5, 0.6) is 0 Å². The first-order chi connectivity index (χ1) is 9.39. The molecular weight excluding hydrogens is 252 g/mol. The Labute approximate surface area is 119 Å². The molecule has 1 amide bonds. The fourth-order valence-corrected chi connectivity index (χ4v) is 2.45. The smallest absolute Gasteiger partial charge is 0.408 e. The van der Waals surface area contributed by atoms with Gasteiger partial charge in [0.05, 0.1) is 18.5 Å². The second kappa shape index (κ2) is 5.54. The van der Waals surface area contributed by atoms with Crippen LogP contribution >= 0.6 is 0 Å². The molecule has 106 valence electrons. The number of alkyl carbamates (subject to hydrolysis) is 1. The van der Waals surface area contributed by atoms with E-state index in [4.69, 9.17) is 10.00 Å². The average molecular weight is 272 g/mol. The quantitative estimate of drug-likeness (QED) is 0.898. The molecule has 0 saturated carbocycles. The lowest BCUT2D eigenvalue weighted by Gasteiger charge is -2.22. The fraction of sp³-hybridized carbons (Fsp3) is 0.500. The maximum Gasteiger partial charge on any atom is 0.408 e. The van der Waals surface area contributed by atoms with Gasteiger partial charge in [0.2, 0.25) is 0 Å². The first-order valence-corrected chi connectivity index (χ1v) is 6.87. The van der Waals surface area contributed by atoms with E-state index >= 15 is 0 Å². The number of hydrogen-bond acceptors (Lipinski definition) is 3. The van der Waals surface area contributed by atoms with Crippen molar-refractivity contribution in [1.82, 2.24) is 5.32 Å². The Morgan fingerprint density at radius 2 is 2.25 bits per heavy atom. The number of carbonyl (C=O) groups is 1. The van der Waals surface area contributed by atoms with E-state index in [2.05, 4.69) is 17.5 Å². The van der Waals surface area contributed by atoms with Gasteiger partial charge in [0.15, 0.2) is 0 Å². The van der Waals surface area contributed by atoms with Crippen LogP contribution in [0.2, 0.25) is 0 Å². The summed E-state index contributed by atoms with van der Waals surface area (Å²) in [5.41, 5.74) is 2.86. The first-order valence-electron chi connectivity index (χ1n) is 6.87. The molecule has 4 nitrogen and oxygen atoms in total. The highest BCUT2D eigenvalue weighted by molar-refractivity contribution is 5.68. The summed E-state index contributed by atoms with van der Waals surface area (Å²) in [4.78, 5) is 11.8. The van der Waals surface area contributed by atoms with Gasteiger partial charge in [-0.2, -0.15) is 5.26 Å². The lowest BCUT2D eigenvalue weighted by Crippen LogP contribution is -2.34. The highest BCUT2D eigenvalue weighted by Gasteiger charge is 2.26. The summed E-state index contributed by atoms with van der Waals surface area (Å²) < 4.78 is 5.29. The van der Waals surface area contributed by atoms with Crippen molar-refractivity contribution >= 4 is 6.09 Å². The van der Waals surface area contributed by atoms with Crippen LogP contribution in [0, 0.1) is 11.3 Å². The molecule has 4 heteroatoms.